The van der Waals surface area contributed by atoms with E-state index in [4.69, 9.17) is 23.2 Å². The van der Waals surface area contributed by atoms with Crippen LogP contribution in [-0.2, 0) is 0 Å². The zero-order chi connectivity index (χ0) is 14.5. The lowest BCUT2D eigenvalue weighted by Crippen LogP contribution is -1.93. The van der Waals surface area contributed by atoms with Crippen LogP contribution in [0.1, 0.15) is 5.56 Å². The number of nitro benzene ring substituents is 1. The quantitative estimate of drug-likeness (QED) is 0.518. The van der Waals surface area contributed by atoms with Crippen molar-refractivity contribution in [3.8, 4) is 0 Å². The Morgan fingerprint density at radius 2 is 1.70 bits per heavy atom. The van der Waals surface area contributed by atoms with E-state index < -0.39 is 4.92 Å². The van der Waals surface area contributed by atoms with Crippen LogP contribution >= 0.6 is 23.2 Å². The van der Waals surface area contributed by atoms with Crippen LogP contribution in [0.3, 0.4) is 0 Å². The van der Waals surface area contributed by atoms with Crippen LogP contribution in [0.15, 0.2) is 47.6 Å². The summed E-state index contributed by atoms with van der Waals surface area (Å²) in [5, 5.41) is 15.4. The van der Waals surface area contributed by atoms with Crippen LogP contribution in [-0.4, -0.2) is 11.1 Å². The van der Waals surface area contributed by atoms with Gasteiger partial charge in [-0.25, -0.2) is 0 Å². The van der Waals surface area contributed by atoms with Gasteiger partial charge in [-0.2, -0.15) is 5.10 Å². The minimum Gasteiger partial charge on any atom is -0.275 e. The molecule has 102 valence electrons. The smallest absolute Gasteiger partial charge is 0.269 e. The van der Waals surface area contributed by atoms with E-state index in [-0.39, 0.29) is 5.69 Å². The Bertz CT molecular complexity index is 637. The SMILES string of the molecule is O=[N+]([O-])c1ccc(/C=N/Nc2c(Cl)cccc2Cl)cc1. The highest BCUT2D eigenvalue weighted by atomic mass is 35.5. The minimum absolute atomic E-state index is 0.0317. The molecule has 2 aromatic rings. The van der Waals surface area contributed by atoms with Gasteiger partial charge in [0.2, 0.25) is 0 Å². The number of para-hydroxylation sites is 1. The van der Waals surface area contributed by atoms with Gasteiger partial charge in [0.1, 0.15) is 0 Å². The fraction of sp³-hybridized carbons (Fsp3) is 0. The predicted octanol–water partition coefficient (Wildman–Crippen LogP) is 4.35. The monoisotopic (exact) mass is 309 g/mol. The van der Waals surface area contributed by atoms with E-state index in [1.54, 1.807) is 30.3 Å². The molecule has 0 atom stereocenters. The summed E-state index contributed by atoms with van der Waals surface area (Å²) in [6.07, 6.45) is 1.52. The molecule has 0 aliphatic carbocycles. The molecule has 0 unspecified atom stereocenters. The Morgan fingerprint density at radius 3 is 2.25 bits per heavy atom. The summed E-state index contributed by atoms with van der Waals surface area (Å²) >= 11 is 11.9. The Kier molecular flexibility index (Phi) is 4.55. The lowest BCUT2D eigenvalue weighted by molar-refractivity contribution is -0.384. The molecule has 1 N–H and O–H groups in total. The van der Waals surface area contributed by atoms with E-state index in [1.807, 2.05) is 0 Å². The van der Waals surface area contributed by atoms with Crippen LogP contribution < -0.4 is 5.43 Å². The molecule has 0 radical (unpaired) electrons. The van der Waals surface area contributed by atoms with Gasteiger partial charge in [-0.1, -0.05) is 29.3 Å². The highest BCUT2D eigenvalue weighted by molar-refractivity contribution is 6.39. The van der Waals surface area contributed by atoms with Crippen molar-refractivity contribution in [1.82, 2.24) is 0 Å². The summed E-state index contributed by atoms with van der Waals surface area (Å²) in [5.74, 6) is 0. The predicted molar refractivity (Wildman–Crippen MR) is 80.8 cm³/mol. The summed E-state index contributed by atoms with van der Waals surface area (Å²) in [7, 11) is 0. The maximum absolute atomic E-state index is 10.5. The summed E-state index contributed by atoms with van der Waals surface area (Å²) in [6.45, 7) is 0. The van der Waals surface area contributed by atoms with Gasteiger partial charge in [0.05, 0.1) is 26.9 Å². The first-order valence-electron chi connectivity index (χ1n) is 5.55. The second-order valence-electron chi connectivity index (χ2n) is 3.82. The normalized spacial score (nSPS) is 10.7. The molecule has 2 aromatic carbocycles. The number of hydrogen-bond donors (Lipinski definition) is 1. The average molecular weight is 310 g/mol. The van der Waals surface area contributed by atoms with Gasteiger partial charge >= 0.3 is 0 Å². The Hall–Kier alpha value is -2.11. The third-order valence-corrected chi connectivity index (χ3v) is 3.09. The van der Waals surface area contributed by atoms with E-state index in [0.717, 1.165) is 0 Å². The molecule has 2 rings (SSSR count). The molecule has 5 nitrogen and oxygen atoms in total. The second-order valence-corrected chi connectivity index (χ2v) is 4.63. The van der Waals surface area contributed by atoms with E-state index in [9.17, 15) is 10.1 Å². The fourth-order valence-electron chi connectivity index (χ4n) is 1.46. The van der Waals surface area contributed by atoms with Gasteiger partial charge < -0.3 is 0 Å². The zero-order valence-electron chi connectivity index (χ0n) is 10.1. The topological polar surface area (TPSA) is 67.5 Å². The van der Waals surface area contributed by atoms with E-state index in [1.165, 1.54) is 18.3 Å². The maximum atomic E-state index is 10.5. The summed E-state index contributed by atoms with van der Waals surface area (Å²) in [4.78, 5) is 10.1. The van der Waals surface area contributed by atoms with Crippen LogP contribution in [0.2, 0.25) is 10.0 Å². The molecule has 0 saturated carbocycles. The molecule has 0 aliphatic rings. The first-order valence-corrected chi connectivity index (χ1v) is 6.31. The van der Waals surface area contributed by atoms with E-state index >= 15 is 0 Å². The van der Waals surface area contributed by atoms with Crippen molar-refractivity contribution in [3.05, 3.63) is 68.2 Å². The van der Waals surface area contributed by atoms with Crippen LogP contribution in [0.25, 0.3) is 0 Å². The molecule has 0 bridgehead atoms. The summed E-state index contributed by atoms with van der Waals surface area (Å²) < 4.78 is 0. The summed E-state index contributed by atoms with van der Waals surface area (Å²) in [5.41, 5.74) is 3.99. The highest BCUT2D eigenvalue weighted by Gasteiger charge is 2.04. The molecule has 0 amide bonds. The zero-order valence-corrected chi connectivity index (χ0v) is 11.6. The molecule has 0 aliphatic heterocycles. The van der Waals surface area contributed by atoms with E-state index in [0.29, 0.717) is 21.3 Å². The maximum Gasteiger partial charge on any atom is 0.269 e. The molecular weight excluding hydrogens is 301 g/mol. The number of nitro groups is 1. The molecule has 0 spiro atoms. The highest BCUT2D eigenvalue weighted by Crippen LogP contribution is 2.29. The molecule has 20 heavy (non-hydrogen) atoms. The number of nitrogens with one attached hydrogen (secondary N) is 1. The van der Waals surface area contributed by atoms with E-state index in [2.05, 4.69) is 10.5 Å². The van der Waals surface area contributed by atoms with Crippen molar-refractivity contribution in [2.24, 2.45) is 5.10 Å². The molecule has 0 fully saturated rings. The van der Waals surface area contributed by atoms with Crippen LogP contribution in [0.5, 0.6) is 0 Å². The van der Waals surface area contributed by atoms with Gasteiger partial charge in [-0.3, -0.25) is 15.5 Å². The summed E-state index contributed by atoms with van der Waals surface area (Å²) in [6, 6.07) is 11.1. The molecule has 0 aromatic heterocycles. The average Bonchev–Trinajstić information content (AvgIpc) is 2.42. The van der Waals surface area contributed by atoms with Gasteiger partial charge in [0, 0.05) is 12.1 Å². The minimum atomic E-state index is -0.456. The molecule has 0 heterocycles. The van der Waals surface area contributed by atoms with Gasteiger partial charge in [0.15, 0.2) is 0 Å². The largest absolute Gasteiger partial charge is 0.275 e. The Labute approximate surface area is 125 Å². The van der Waals surface area contributed by atoms with Crippen molar-refractivity contribution in [1.29, 1.82) is 0 Å². The van der Waals surface area contributed by atoms with Crippen molar-refractivity contribution in [2.45, 2.75) is 0 Å². The Morgan fingerprint density at radius 1 is 1.10 bits per heavy atom. The van der Waals surface area contributed by atoms with Crippen molar-refractivity contribution < 1.29 is 4.92 Å². The lowest BCUT2D eigenvalue weighted by Gasteiger charge is -2.04. The lowest BCUT2D eigenvalue weighted by atomic mass is 10.2. The first kappa shape index (κ1) is 14.3. The number of benzene rings is 2. The van der Waals surface area contributed by atoms with Crippen molar-refractivity contribution >= 4 is 40.8 Å². The standard InChI is InChI=1S/C13H9Cl2N3O2/c14-11-2-1-3-12(15)13(11)17-16-8-9-4-6-10(7-5-9)18(19)20/h1-8,17H/b16-8+. The molecular formula is C13H9Cl2N3O2. The molecule has 7 heteroatoms. The number of halogens is 2. The third kappa shape index (κ3) is 3.46. The fourth-order valence-corrected chi connectivity index (χ4v) is 1.94. The number of nitrogens with zero attached hydrogens (tertiary/aromatic N) is 2. The van der Waals surface area contributed by atoms with Crippen LogP contribution in [0, 0.1) is 10.1 Å². The van der Waals surface area contributed by atoms with Gasteiger partial charge in [-0.05, 0) is 29.8 Å². The number of hydrogen-bond acceptors (Lipinski definition) is 4. The number of rotatable bonds is 4. The van der Waals surface area contributed by atoms with Crippen molar-refractivity contribution in [3.63, 3.8) is 0 Å². The number of non-ortho nitro benzene ring substituents is 1. The van der Waals surface area contributed by atoms with Crippen LogP contribution in [0.4, 0.5) is 11.4 Å². The third-order valence-electron chi connectivity index (χ3n) is 2.46. The van der Waals surface area contributed by atoms with Gasteiger partial charge in [0.25, 0.3) is 5.69 Å². The first-order chi connectivity index (χ1) is 9.58. The second kappa shape index (κ2) is 6.36. The Balaban J connectivity index is 2.08. The molecule has 0 saturated heterocycles. The van der Waals surface area contributed by atoms with Gasteiger partial charge in [-0.15, -0.1) is 0 Å². The number of hydrazone groups is 1. The van der Waals surface area contributed by atoms with Crippen molar-refractivity contribution in [2.75, 3.05) is 5.43 Å². The number of anilines is 1.